The highest BCUT2D eigenvalue weighted by Gasteiger charge is 2.09. The van der Waals surface area contributed by atoms with Gasteiger partial charge in [0.2, 0.25) is 0 Å². The Morgan fingerprint density at radius 2 is 2.12 bits per heavy atom. The molecule has 2 radical (unpaired) electrons. The van der Waals surface area contributed by atoms with E-state index in [1.165, 1.54) is 0 Å². The first kappa shape index (κ1) is 13.4. The van der Waals surface area contributed by atoms with Gasteiger partial charge in [-0.05, 0) is 19.1 Å². The Labute approximate surface area is 103 Å². The van der Waals surface area contributed by atoms with E-state index in [1.807, 2.05) is 12.5 Å². The molecule has 0 saturated carbocycles. The largest absolute Gasteiger partial charge is 0.367 e. The SMILES string of the molecule is [B]Cc1cnc(SC)nc1NC(CC)CC. The molecule has 0 aliphatic carbocycles. The molecule has 5 heteroatoms. The molecule has 0 aliphatic rings. The fourth-order valence-electron chi connectivity index (χ4n) is 1.45. The van der Waals surface area contributed by atoms with Gasteiger partial charge in [-0.15, -0.1) is 0 Å². The van der Waals surface area contributed by atoms with Crippen molar-refractivity contribution in [3.8, 4) is 0 Å². The molecule has 86 valence electrons. The first-order valence-electron chi connectivity index (χ1n) is 5.61. The molecule has 0 aromatic carbocycles. The molecular weight excluding hydrogens is 217 g/mol. The van der Waals surface area contributed by atoms with Crippen LogP contribution in [0.15, 0.2) is 11.4 Å². The fourth-order valence-corrected chi connectivity index (χ4v) is 1.79. The molecule has 1 N–H and O–H groups in total. The maximum atomic E-state index is 5.67. The van der Waals surface area contributed by atoms with Gasteiger partial charge in [-0.1, -0.05) is 31.9 Å². The van der Waals surface area contributed by atoms with Crippen LogP contribution in [0.5, 0.6) is 0 Å². The lowest BCUT2D eigenvalue weighted by Gasteiger charge is -2.17. The summed E-state index contributed by atoms with van der Waals surface area (Å²) >= 11 is 1.54. The third-order valence-electron chi connectivity index (χ3n) is 2.57. The Kier molecular flexibility index (Phi) is 5.67. The molecule has 1 aromatic rings. The van der Waals surface area contributed by atoms with Crippen LogP contribution >= 0.6 is 11.8 Å². The summed E-state index contributed by atoms with van der Waals surface area (Å²) in [7, 11) is 5.67. The predicted octanol–water partition coefficient (Wildman–Crippen LogP) is 2.47. The number of nitrogens with one attached hydrogen (secondary N) is 1. The van der Waals surface area contributed by atoms with Crippen LogP contribution < -0.4 is 5.32 Å². The lowest BCUT2D eigenvalue weighted by atomic mass is 9.98. The van der Waals surface area contributed by atoms with Crippen LogP contribution in [0, 0.1) is 0 Å². The minimum Gasteiger partial charge on any atom is -0.367 e. The van der Waals surface area contributed by atoms with Gasteiger partial charge in [0.05, 0.1) is 7.85 Å². The van der Waals surface area contributed by atoms with Gasteiger partial charge in [0.25, 0.3) is 0 Å². The van der Waals surface area contributed by atoms with Gasteiger partial charge in [-0.25, -0.2) is 9.97 Å². The average molecular weight is 235 g/mol. The van der Waals surface area contributed by atoms with Crippen LogP contribution in [0.4, 0.5) is 5.82 Å². The zero-order valence-corrected chi connectivity index (χ0v) is 11.0. The van der Waals surface area contributed by atoms with Gasteiger partial charge in [0.1, 0.15) is 5.82 Å². The highest BCUT2D eigenvalue weighted by Crippen LogP contribution is 2.18. The molecular formula is C11H18BN3S. The monoisotopic (exact) mass is 235 g/mol. The lowest BCUT2D eigenvalue weighted by Crippen LogP contribution is -2.19. The van der Waals surface area contributed by atoms with E-state index >= 15 is 0 Å². The summed E-state index contributed by atoms with van der Waals surface area (Å²) in [6.07, 6.45) is 6.41. The van der Waals surface area contributed by atoms with E-state index in [4.69, 9.17) is 7.85 Å². The van der Waals surface area contributed by atoms with E-state index in [9.17, 15) is 0 Å². The normalized spacial score (nSPS) is 10.8. The second-order valence-corrected chi connectivity index (χ2v) is 4.37. The number of rotatable bonds is 6. The van der Waals surface area contributed by atoms with Crippen LogP contribution in [0.1, 0.15) is 32.3 Å². The van der Waals surface area contributed by atoms with Crippen LogP contribution in [-0.4, -0.2) is 30.1 Å². The average Bonchev–Trinajstić information content (AvgIpc) is 2.35. The molecule has 16 heavy (non-hydrogen) atoms. The summed E-state index contributed by atoms with van der Waals surface area (Å²) < 4.78 is 0. The molecule has 0 saturated heterocycles. The van der Waals surface area contributed by atoms with Crippen LogP contribution in [0.25, 0.3) is 0 Å². The van der Waals surface area contributed by atoms with E-state index < -0.39 is 0 Å². The van der Waals surface area contributed by atoms with Crippen molar-refractivity contribution in [3.63, 3.8) is 0 Å². The topological polar surface area (TPSA) is 37.8 Å². The van der Waals surface area contributed by atoms with Gasteiger partial charge in [0.15, 0.2) is 5.16 Å². The van der Waals surface area contributed by atoms with Crippen molar-refractivity contribution in [3.05, 3.63) is 11.8 Å². The molecule has 0 spiro atoms. The third kappa shape index (κ3) is 3.40. The van der Waals surface area contributed by atoms with Crippen molar-refractivity contribution in [2.24, 2.45) is 0 Å². The molecule has 1 aromatic heterocycles. The van der Waals surface area contributed by atoms with Gasteiger partial charge < -0.3 is 5.32 Å². The van der Waals surface area contributed by atoms with E-state index in [0.717, 1.165) is 29.4 Å². The molecule has 0 aliphatic heterocycles. The first-order valence-corrected chi connectivity index (χ1v) is 6.84. The van der Waals surface area contributed by atoms with Crippen molar-refractivity contribution in [2.75, 3.05) is 11.6 Å². The summed E-state index contributed by atoms with van der Waals surface area (Å²) in [5.41, 5.74) is 0.977. The molecule has 0 amide bonds. The maximum absolute atomic E-state index is 5.67. The van der Waals surface area contributed by atoms with Crippen molar-refractivity contribution in [2.45, 2.75) is 44.2 Å². The van der Waals surface area contributed by atoms with Crippen molar-refractivity contribution in [1.29, 1.82) is 0 Å². The molecule has 3 nitrogen and oxygen atoms in total. The Bertz CT molecular complexity index is 329. The van der Waals surface area contributed by atoms with E-state index in [1.54, 1.807) is 11.8 Å². The highest BCUT2D eigenvalue weighted by molar-refractivity contribution is 7.98. The quantitative estimate of drug-likeness (QED) is 0.467. The summed E-state index contributed by atoms with van der Waals surface area (Å²) in [5, 5.41) is 4.21. The van der Waals surface area contributed by atoms with Crippen LogP contribution in [-0.2, 0) is 6.32 Å². The van der Waals surface area contributed by atoms with Gasteiger partial charge >= 0.3 is 0 Å². The molecule has 1 rings (SSSR count). The van der Waals surface area contributed by atoms with E-state index in [-0.39, 0.29) is 0 Å². The molecule has 1 heterocycles. The standard InChI is InChI=1S/C11H18BN3S/c1-4-9(5-2)14-10-8(6-12)7-13-11(15-10)16-3/h7,9H,4-6H2,1-3H3,(H,13,14,15). The zero-order chi connectivity index (χ0) is 12.0. The van der Waals surface area contributed by atoms with Crippen molar-refractivity contribution >= 4 is 25.4 Å². The summed E-state index contributed by atoms with van der Waals surface area (Å²) in [5.74, 6) is 0.885. The van der Waals surface area contributed by atoms with Gasteiger partial charge in [-0.2, -0.15) is 0 Å². The Morgan fingerprint density at radius 3 is 2.62 bits per heavy atom. The van der Waals surface area contributed by atoms with Crippen molar-refractivity contribution < 1.29 is 0 Å². The minimum absolute atomic E-state index is 0.454. The second-order valence-electron chi connectivity index (χ2n) is 3.59. The molecule has 0 unspecified atom stereocenters. The summed E-state index contributed by atoms with van der Waals surface area (Å²) in [6, 6.07) is 0.454. The van der Waals surface area contributed by atoms with E-state index in [0.29, 0.717) is 12.4 Å². The predicted molar refractivity (Wildman–Crippen MR) is 71.3 cm³/mol. The fraction of sp³-hybridized carbons (Fsp3) is 0.636. The summed E-state index contributed by atoms with van der Waals surface area (Å²) in [4.78, 5) is 8.68. The third-order valence-corrected chi connectivity index (χ3v) is 3.13. The number of hydrogen-bond donors (Lipinski definition) is 1. The van der Waals surface area contributed by atoms with E-state index in [2.05, 4.69) is 29.1 Å². The number of nitrogens with zero attached hydrogens (tertiary/aromatic N) is 2. The Balaban J connectivity index is 2.90. The number of hydrogen-bond acceptors (Lipinski definition) is 4. The Hall–Kier alpha value is -0.705. The second kappa shape index (κ2) is 6.79. The smallest absolute Gasteiger partial charge is 0.189 e. The van der Waals surface area contributed by atoms with Gasteiger partial charge in [0, 0.05) is 17.8 Å². The number of anilines is 1. The van der Waals surface area contributed by atoms with Gasteiger partial charge in [-0.3, -0.25) is 0 Å². The Morgan fingerprint density at radius 1 is 1.44 bits per heavy atom. The molecule has 0 bridgehead atoms. The molecule has 0 atom stereocenters. The zero-order valence-electron chi connectivity index (χ0n) is 10.2. The number of aromatic nitrogens is 2. The first-order chi connectivity index (χ1) is 7.74. The number of thioether (sulfide) groups is 1. The van der Waals surface area contributed by atoms with Crippen molar-refractivity contribution in [1.82, 2.24) is 9.97 Å². The lowest BCUT2D eigenvalue weighted by molar-refractivity contribution is 0.665. The summed E-state index contributed by atoms with van der Waals surface area (Å²) in [6.45, 7) is 4.33. The van der Waals surface area contributed by atoms with Crippen LogP contribution in [0.3, 0.4) is 0 Å². The highest BCUT2D eigenvalue weighted by atomic mass is 32.2. The van der Waals surface area contributed by atoms with Crippen LogP contribution in [0.2, 0.25) is 0 Å². The maximum Gasteiger partial charge on any atom is 0.189 e. The minimum atomic E-state index is 0.454. The molecule has 0 fully saturated rings.